The molecule has 0 fully saturated rings. The molecule has 1 rings (SSSR count). The molecular formula is C17H29NO. The molecule has 0 radical (unpaired) electrons. The molecule has 0 unspecified atom stereocenters. The molecule has 0 spiro atoms. The maximum Gasteiger partial charge on any atom is 0.0720 e. The molecule has 0 heterocycles. The summed E-state index contributed by atoms with van der Waals surface area (Å²) in [6.45, 7) is 15.8. The van der Waals surface area contributed by atoms with Gasteiger partial charge >= 0.3 is 0 Å². The van der Waals surface area contributed by atoms with Crippen LogP contribution in [0.3, 0.4) is 0 Å². The van der Waals surface area contributed by atoms with Gasteiger partial charge in [-0.1, -0.05) is 51.5 Å². The summed E-state index contributed by atoms with van der Waals surface area (Å²) in [5.41, 5.74) is 4.06. The van der Waals surface area contributed by atoms with Crippen molar-refractivity contribution in [1.29, 1.82) is 0 Å². The molecule has 0 aliphatic carbocycles. The largest absolute Gasteiger partial charge is 0.375 e. The third-order valence-corrected chi connectivity index (χ3v) is 3.62. The fraction of sp³-hybridized carbons (Fsp3) is 0.647. The summed E-state index contributed by atoms with van der Waals surface area (Å²) in [6, 6.07) is 6.69. The lowest BCUT2D eigenvalue weighted by molar-refractivity contribution is 0.0950. The molecule has 0 atom stereocenters. The Balaban J connectivity index is 2.50. The van der Waals surface area contributed by atoms with Gasteiger partial charge in [-0.3, -0.25) is 0 Å². The maximum atomic E-state index is 5.86. The Kier molecular flexibility index (Phi) is 7.11. The minimum absolute atomic E-state index is 0.557. The van der Waals surface area contributed by atoms with Gasteiger partial charge in [-0.15, -0.1) is 0 Å². The van der Waals surface area contributed by atoms with Crippen molar-refractivity contribution in [2.24, 2.45) is 0 Å². The normalized spacial score (nSPS) is 11.5. The van der Waals surface area contributed by atoms with Crippen LogP contribution in [0.1, 0.15) is 50.3 Å². The number of aryl methyl sites for hydroxylation is 1. The summed E-state index contributed by atoms with van der Waals surface area (Å²) in [5.74, 6) is 0.557. The van der Waals surface area contributed by atoms with Crippen molar-refractivity contribution in [1.82, 2.24) is 4.90 Å². The zero-order valence-electron chi connectivity index (χ0n) is 13.2. The van der Waals surface area contributed by atoms with Crippen molar-refractivity contribution in [3.8, 4) is 0 Å². The van der Waals surface area contributed by atoms with Crippen molar-refractivity contribution >= 4 is 0 Å². The molecule has 108 valence electrons. The molecule has 0 aliphatic heterocycles. The van der Waals surface area contributed by atoms with Crippen molar-refractivity contribution < 1.29 is 4.74 Å². The number of ether oxygens (including phenoxy) is 1. The Hall–Kier alpha value is -0.860. The molecular weight excluding hydrogens is 234 g/mol. The fourth-order valence-corrected chi connectivity index (χ4v) is 2.34. The standard InChI is InChI=1S/C17H29NO/c1-6-18(7-2)10-11-19-13-16-12-15(5)8-9-17(16)14(3)4/h8-9,12,14H,6-7,10-11,13H2,1-5H3. The SMILES string of the molecule is CCN(CC)CCOCc1cc(C)ccc1C(C)C. The van der Waals surface area contributed by atoms with Crippen LogP contribution in [0.4, 0.5) is 0 Å². The summed E-state index contributed by atoms with van der Waals surface area (Å²) < 4.78 is 5.86. The van der Waals surface area contributed by atoms with E-state index in [2.05, 4.69) is 57.7 Å². The van der Waals surface area contributed by atoms with E-state index >= 15 is 0 Å². The molecule has 0 N–H and O–H groups in total. The predicted octanol–water partition coefficient (Wildman–Crippen LogP) is 3.98. The smallest absolute Gasteiger partial charge is 0.0720 e. The van der Waals surface area contributed by atoms with E-state index in [4.69, 9.17) is 4.74 Å². The van der Waals surface area contributed by atoms with E-state index in [1.807, 2.05) is 0 Å². The van der Waals surface area contributed by atoms with Crippen LogP contribution in [0.15, 0.2) is 18.2 Å². The lowest BCUT2D eigenvalue weighted by atomic mass is 9.96. The maximum absolute atomic E-state index is 5.86. The first kappa shape index (κ1) is 16.2. The summed E-state index contributed by atoms with van der Waals surface area (Å²) in [6.07, 6.45) is 0. The summed E-state index contributed by atoms with van der Waals surface area (Å²) in [5, 5.41) is 0. The quantitative estimate of drug-likeness (QED) is 0.658. The topological polar surface area (TPSA) is 12.5 Å². The van der Waals surface area contributed by atoms with Crippen molar-refractivity contribution in [3.05, 3.63) is 34.9 Å². The number of rotatable bonds is 8. The van der Waals surface area contributed by atoms with E-state index in [1.165, 1.54) is 16.7 Å². The summed E-state index contributed by atoms with van der Waals surface area (Å²) >= 11 is 0. The van der Waals surface area contributed by atoms with E-state index in [0.29, 0.717) is 5.92 Å². The van der Waals surface area contributed by atoms with Crippen LogP contribution in [-0.2, 0) is 11.3 Å². The second kappa shape index (κ2) is 8.34. The molecule has 19 heavy (non-hydrogen) atoms. The zero-order chi connectivity index (χ0) is 14.3. The molecule has 0 aliphatic rings. The fourth-order valence-electron chi connectivity index (χ4n) is 2.34. The Morgan fingerprint density at radius 2 is 1.84 bits per heavy atom. The van der Waals surface area contributed by atoms with Crippen LogP contribution >= 0.6 is 0 Å². The highest BCUT2D eigenvalue weighted by Gasteiger charge is 2.07. The minimum Gasteiger partial charge on any atom is -0.375 e. The summed E-state index contributed by atoms with van der Waals surface area (Å²) in [7, 11) is 0. The number of likely N-dealkylation sites (N-methyl/N-ethyl adjacent to an activating group) is 1. The van der Waals surface area contributed by atoms with E-state index in [-0.39, 0.29) is 0 Å². The zero-order valence-corrected chi connectivity index (χ0v) is 13.2. The first-order chi connectivity index (χ1) is 9.08. The molecule has 0 aromatic heterocycles. The summed E-state index contributed by atoms with van der Waals surface area (Å²) in [4.78, 5) is 2.39. The van der Waals surface area contributed by atoms with Crippen LogP contribution in [0.2, 0.25) is 0 Å². The average Bonchev–Trinajstić information content (AvgIpc) is 2.38. The van der Waals surface area contributed by atoms with Gasteiger partial charge in [0.25, 0.3) is 0 Å². The van der Waals surface area contributed by atoms with Gasteiger partial charge < -0.3 is 9.64 Å². The van der Waals surface area contributed by atoms with Crippen molar-refractivity contribution in [3.63, 3.8) is 0 Å². The first-order valence-electron chi connectivity index (χ1n) is 7.48. The Bertz CT molecular complexity index is 370. The van der Waals surface area contributed by atoms with Gasteiger partial charge in [0.1, 0.15) is 0 Å². The van der Waals surface area contributed by atoms with Gasteiger partial charge in [0.15, 0.2) is 0 Å². The van der Waals surface area contributed by atoms with E-state index in [0.717, 1.165) is 32.8 Å². The molecule has 1 aromatic carbocycles. The minimum atomic E-state index is 0.557. The van der Waals surface area contributed by atoms with Gasteiger partial charge in [0.2, 0.25) is 0 Å². The van der Waals surface area contributed by atoms with Crippen LogP contribution in [-0.4, -0.2) is 31.1 Å². The molecule has 0 amide bonds. The van der Waals surface area contributed by atoms with Gasteiger partial charge in [0, 0.05) is 6.54 Å². The third kappa shape index (κ3) is 5.33. The number of nitrogens with zero attached hydrogens (tertiary/aromatic N) is 1. The van der Waals surface area contributed by atoms with Gasteiger partial charge in [-0.2, -0.15) is 0 Å². The van der Waals surface area contributed by atoms with Crippen LogP contribution in [0, 0.1) is 6.92 Å². The monoisotopic (exact) mass is 263 g/mol. The van der Waals surface area contributed by atoms with Crippen LogP contribution in [0.25, 0.3) is 0 Å². The second-order valence-corrected chi connectivity index (χ2v) is 5.44. The van der Waals surface area contributed by atoms with Crippen molar-refractivity contribution in [2.45, 2.75) is 47.1 Å². The van der Waals surface area contributed by atoms with Crippen LogP contribution in [0.5, 0.6) is 0 Å². The Morgan fingerprint density at radius 1 is 1.16 bits per heavy atom. The molecule has 2 nitrogen and oxygen atoms in total. The molecule has 0 saturated carbocycles. The van der Waals surface area contributed by atoms with E-state index in [1.54, 1.807) is 0 Å². The molecule has 0 bridgehead atoms. The Labute approximate surface area is 118 Å². The number of hydrogen-bond acceptors (Lipinski definition) is 2. The van der Waals surface area contributed by atoms with Crippen LogP contribution < -0.4 is 0 Å². The second-order valence-electron chi connectivity index (χ2n) is 5.44. The first-order valence-corrected chi connectivity index (χ1v) is 7.48. The highest BCUT2D eigenvalue weighted by molar-refractivity contribution is 5.33. The van der Waals surface area contributed by atoms with E-state index < -0.39 is 0 Å². The highest BCUT2D eigenvalue weighted by Crippen LogP contribution is 2.21. The van der Waals surface area contributed by atoms with E-state index in [9.17, 15) is 0 Å². The van der Waals surface area contributed by atoms with Crippen molar-refractivity contribution in [2.75, 3.05) is 26.2 Å². The Morgan fingerprint density at radius 3 is 2.42 bits per heavy atom. The third-order valence-electron chi connectivity index (χ3n) is 3.62. The van der Waals surface area contributed by atoms with Gasteiger partial charge in [0.05, 0.1) is 13.2 Å². The lowest BCUT2D eigenvalue weighted by Gasteiger charge is -2.18. The highest BCUT2D eigenvalue weighted by atomic mass is 16.5. The van der Waals surface area contributed by atoms with Gasteiger partial charge in [-0.05, 0) is 37.1 Å². The lowest BCUT2D eigenvalue weighted by Crippen LogP contribution is -2.27. The predicted molar refractivity (Wildman–Crippen MR) is 82.7 cm³/mol. The van der Waals surface area contributed by atoms with Gasteiger partial charge in [-0.25, -0.2) is 0 Å². The number of benzene rings is 1. The molecule has 1 aromatic rings. The number of hydrogen-bond donors (Lipinski definition) is 0. The molecule has 2 heteroatoms. The average molecular weight is 263 g/mol. The molecule has 0 saturated heterocycles.